The molecule has 1 aromatic heterocycles. The third kappa shape index (κ3) is 4.01. The number of anilines is 2. The molecule has 1 N–H and O–H groups in total. The molecule has 0 saturated heterocycles. The second-order valence-electron chi connectivity index (χ2n) is 5.06. The fourth-order valence-corrected chi connectivity index (χ4v) is 2.51. The van der Waals surface area contributed by atoms with E-state index in [1.807, 2.05) is 37.9 Å². The molecule has 0 amide bonds. The first-order valence-corrected chi connectivity index (χ1v) is 8.17. The minimum atomic E-state index is -0.238. The van der Waals surface area contributed by atoms with Gasteiger partial charge in [0.15, 0.2) is 4.67 Å². The third-order valence-electron chi connectivity index (χ3n) is 3.27. The molecule has 1 aromatic carbocycles. The van der Waals surface area contributed by atoms with Crippen LogP contribution in [0.4, 0.5) is 15.8 Å². The first-order valence-electron chi connectivity index (χ1n) is 6.58. The van der Waals surface area contributed by atoms with Crippen LogP contribution in [0.2, 0.25) is 0 Å². The first kappa shape index (κ1) is 16.4. The van der Waals surface area contributed by atoms with Gasteiger partial charge in [-0.05, 0) is 70.0 Å². The van der Waals surface area contributed by atoms with E-state index in [1.54, 1.807) is 6.07 Å². The molecule has 0 unspecified atom stereocenters. The van der Waals surface area contributed by atoms with Gasteiger partial charge in [0.1, 0.15) is 11.6 Å². The van der Waals surface area contributed by atoms with Crippen LogP contribution in [0.25, 0.3) is 0 Å². The third-order valence-corrected chi connectivity index (χ3v) is 4.98. The van der Waals surface area contributed by atoms with Crippen molar-refractivity contribution in [2.75, 3.05) is 17.3 Å². The van der Waals surface area contributed by atoms with Gasteiger partial charge in [0.25, 0.3) is 0 Å². The average molecular weight is 420 g/mol. The maximum Gasteiger partial charge on any atom is 0.183 e. The normalized spacial score (nSPS) is 11.0. The number of halogens is 3. The van der Waals surface area contributed by atoms with Crippen LogP contribution < -0.4 is 10.2 Å². The van der Waals surface area contributed by atoms with Crippen LogP contribution in [0.5, 0.6) is 0 Å². The summed E-state index contributed by atoms with van der Waals surface area (Å²) in [5.41, 5.74) is 1.32. The highest BCUT2D eigenvalue weighted by molar-refractivity contribution is 9.13. The Morgan fingerprint density at radius 1 is 1.29 bits per heavy atom. The molecule has 0 aliphatic heterocycles. The SMILES string of the molecule is CC(C)N(C)c1ccc(NCc2cc(Br)c(Br)o2)cc1F. The summed E-state index contributed by atoms with van der Waals surface area (Å²) in [6.45, 7) is 4.54. The molecular formula is C15H17Br2FN2O. The Kier molecular flexibility index (Phi) is 5.32. The Morgan fingerprint density at radius 2 is 2.00 bits per heavy atom. The van der Waals surface area contributed by atoms with E-state index in [2.05, 4.69) is 37.2 Å². The number of hydrogen-bond donors (Lipinski definition) is 1. The Hall–Kier alpha value is -1.01. The summed E-state index contributed by atoms with van der Waals surface area (Å²) in [7, 11) is 1.88. The molecule has 2 aromatic rings. The Morgan fingerprint density at radius 3 is 2.52 bits per heavy atom. The molecule has 0 aliphatic rings. The fraction of sp³-hybridized carbons (Fsp3) is 0.333. The van der Waals surface area contributed by atoms with Gasteiger partial charge in [-0.15, -0.1) is 0 Å². The predicted molar refractivity (Wildman–Crippen MR) is 91.4 cm³/mol. The highest BCUT2D eigenvalue weighted by Gasteiger charge is 2.11. The van der Waals surface area contributed by atoms with Gasteiger partial charge in [0, 0.05) is 18.8 Å². The van der Waals surface area contributed by atoms with Gasteiger partial charge in [-0.2, -0.15) is 0 Å². The number of nitrogens with one attached hydrogen (secondary N) is 1. The molecule has 114 valence electrons. The number of nitrogens with zero attached hydrogens (tertiary/aromatic N) is 1. The maximum atomic E-state index is 14.1. The number of rotatable bonds is 5. The van der Waals surface area contributed by atoms with E-state index in [0.29, 0.717) is 16.9 Å². The number of benzene rings is 1. The zero-order valence-electron chi connectivity index (χ0n) is 12.1. The van der Waals surface area contributed by atoms with E-state index in [-0.39, 0.29) is 11.9 Å². The van der Waals surface area contributed by atoms with Crippen molar-refractivity contribution >= 4 is 43.2 Å². The standard InChI is InChI=1S/C15H17Br2FN2O/c1-9(2)20(3)14-5-4-10(6-13(14)18)19-8-11-7-12(16)15(17)21-11/h4-7,9,19H,8H2,1-3H3. The van der Waals surface area contributed by atoms with Crippen LogP contribution in [-0.2, 0) is 6.54 Å². The van der Waals surface area contributed by atoms with Gasteiger partial charge in [-0.3, -0.25) is 0 Å². The minimum absolute atomic E-state index is 0.238. The molecule has 0 radical (unpaired) electrons. The lowest BCUT2D eigenvalue weighted by atomic mass is 10.2. The second-order valence-corrected chi connectivity index (χ2v) is 6.63. The van der Waals surface area contributed by atoms with Crippen LogP contribution in [0.3, 0.4) is 0 Å². The van der Waals surface area contributed by atoms with Gasteiger partial charge in [-0.1, -0.05) is 0 Å². The van der Waals surface area contributed by atoms with Crippen LogP contribution in [0, 0.1) is 5.82 Å². The lowest BCUT2D eigenvalue weighted by Gasteiger charge is -2.24. The Labute approximate surface area is 140 Å². The summed E-state index contributed by atoms with van der Waals surface area (Å²) < 4.78 is 21.1. The van der Waals surface area contributed by atoms with Crippen molar-refractivity contribution in [3.63, 3.8) is 0 Å². The molecule has 6 heteroatoms. The molecule has 21 heavy (non-hydrogen) atoms. The van der Waals surface area contributed by atoms with Gasteiger partial charge in [0.05, 0.1) is 16.7 Å². The maximum absolute atomic E-state index is 14.1. The second kappa shape index (κ2) is 6.83. The predicted octanol–water partition coefficient (Wildman–Crippen LogP) is 5.40. The minimum Gasteiger partial charge on any atom is -0.451 e. The van der Waals surface area contributed by atoms with E-state index >= 15 is 0 Å². The van der Waals surface area contributed by atoms with E-state index in [9.17, 15) is 4.39 Å². The van der Waals surface area contributed by atoms with E-state index in [0.717, 1.165) is 15.9 Å². The number of hydrogen-bond acceptors (Lipinski definition) is 3. The molecule has 3 nitrogen and oxygen atoms in total. The zero-order chi connectivity index (χ0) is 15.6. The largest absolute Gasteiger partial charge is 0.451 e. The highest BCUT2D eigenvalue weighted by Crippen LogP contribution is 2.28. The molecular weight excluding hydrogens is 403 g/mol. The van der Waals surface area contributed by atoms with Gasteiger partial charge >= 0.3 is 0 Å². The van der Waals surface area contributed by atoms with E-state index < -0.39 is 0 Å². The molecule has 0 fully saturated rings. The smallest absolute Gasteiger partial charge is 0.183 e. The summed E-state index contributed by atoms with van der Waals surface area (Å²) in [4.78, 5) is 1.90. The van der Waals surface area contributed by atoms with Crippen molar-refractivity contribution in [1.82, 2.24) is 0 Å². The molecule has 2 rings (SSSR count). The summed E-state index contributed by atoms with van der Waals surface area (Å²) in [6, 6.07) is 7.27. The van der Waals surface area contributed by atoms with Crippen molar-refractivity contribution in [2.24, 2.45) is 0 Å². The number of furan rings is 1. The van der Waals surface area contributed by atoms with Crippen LogP contribution in [0.15, 0.2) is 37.8 Å². The van der Waals surface area contributed by atoms with E-state index in [1.165, 1.54) is 6.07 Å². The van der Waals surface area contributed by atoms with Gasteiger partial charge < -0.3 is 14.6 Å². The van der Waals surface area contributed by atoms with Crippen molar-refractivity contribution in [1.29, 1.82) is 0 Å². The Bertz CT molecular complexity index is 609. The average Bonchev–Trinajstić information content (AvgIpc) is 2.75. The van der Waals surface area contributed by atoms with Crippen LogP contribution >= 0.6 is 31.9 Å². The summed E-state index contributed by atoms with van der Waals surface area (Å²) >= 11 is 6.64. The molecule has 1 heterocycles. The Balaban J connectivity index is 2.06. The van der Waals surface area contributed by atoms with Gasteiger partial charge in [0.2, 0.25) is 0 Å². The molecule has 0 bridgehead atoms. The fourth-order valence-electron chi connectivity index (χ4n) is 1.85. The lowest BCUT2D eigenvalue weighted by Crippen LogP contribution is -2.26. The summed E-state index contributed by atoms with van der Waals surface area (Å²) in [5, 5.41) is 3.14. The summed E-state index contributed by atoms with van der Waals surface area (Å²) in [5.74, 6) is 0.524. The topological polar surface area (TPSA) is 28.4 Å². The van der Waals surface area contributed by atoms with Crippen LogP contribution in [0.1, 0.15) is 19.6 Å². The molecule has 0 atom stereocenters. The first-order chi connectivity index (χ1) is 9.88. The van der Waals surface area contributed by atoms with Crippen molar-refractivity contribution in [2.45, 2.75) is 26.4 Å². The van der Waals surface area contributed by atoms with Crippen LogP contribution in [-0.4, -0.2) is 13.1 Å². The van der Waals surface area contributed by atoms with Crippen molar-refractivity contribution < 1.29 is 8.81 Å². The molecule has 0 aliphatic carbocycles. The monoisotopic (exact) mass is 418 g/mol. The van der Waals surface area contributed by atoms with Crippen molar-refractivity contribution in [3.8, 4) is 0 Å². The summed E-state index contributed by atoms with van der Waals surface area (Å²) in [6.07, 6.45) is 0. The highest BCUT2D eigenvalue weighted by atomic mass is 79.9. The van der Waals surface area contributed by atoms with E-state index in [4.69, 9.17) is 4.42 Å². The molecule has 0 spiro atoms. The van der Waals surface area contributed by atoms with Gasteiger partial charge in [-0.25, -0.2) is 4.39 Å². The molecule has 0 saturated carbocycles. The quantitative estimate of drug-likeness (QED) is 0.703. The zero-order valence-corrected chi connectivity index (χ0v) is 15.3. The lowest BCUT2D eigenvalue weighted by molar-refractivity contribution is 0.494. The van der Waals surface area contributed by atoms with Crippen molar-refractivity contribution in [3.05, 3.63) is 45.0 Å².